The van der Waals surface area contributed by atoms with Crippen LogP contribution in [-0.2, 0) is 46.3 Å². The molecule has 6 rings (SSSR count). The fraction of sp³-hybridized carbons (Fsp3) is 0.464. The summed E-state index contributed by atoms with van der Waals surface area (Å²) in [6.07, 6.45) is -1.93. The van der Waals surface area contributed by atoms with Gasteiger partial charge in [0.1, 0.15) is 10.6 Å². The average Bonchev–Trinajstić information content (AvgIpc) is 3.60. The summed E-state index contributed by atoms with van der Waals surface area (Å²) in [6.45, 7) is 3.45. The molecule has 0 atom stereocenters. The van der Waals surface area contributed by atoms with Crippen LogP contribution in [-0.4, -0.2) is 58.7 Å². The highest BCUT2D eigenvalue weighted by molar-refractivity contribution is 7.89. The van der Waals surface area contributed by atoms with Crippen molar-refractivity contribution in [1.29, 1.82) is 0 Å². The number of rotatable bonds is 8. The molecule has 0 unspecified atom stereocenters. The van der Waals surface area contributed by atoms with Crippen LogP contribution >= 0.6 is 11.3 Å². The molecule has 16 heteroatoms. The van der Waals surface area contributed by atoms with Crippen LogP contribution in [0.4, 0.5) is 24.9 Å². The predicted molar refractivity (Wildman–Crippen MR) is 160 cm³/mol. The van der Waals surface area contributed by atoms with E-state index < -0.39 is 33.8 Å². The van der Waals surface area contributed by atoms with Gasteiger partial charge in [-0.15, -0.1) is 21.5 Å². The SMILES string of the molecule is CCCc1cc2c(N3CCn4c(nnc4C(F)(F)F)C3)nc(N3CCC(C(=O)NS(=O)(=O)Cc4ccccc4)CC3)nc2s1. The Labute approximate surface area is 256 Å². The van der Waals surface area contributed by atoms with Gasteiger partial charge in [-0.2, -0.15) is 18.2 Å². The third kappa shape index (κ3) is 6.36. The van der Waals surface area contributed by atoms with Gasteiger partial charge in [-0.05, 0) is 30.9 Å². The van der Waals surface area contributed by atoms with Crippen molar-refractivity contribution < 1.29 is 26.4 Å². The molecule has 0 spiro atoms. The molecule has 1 N–H and O–H groups in total. The summed E-state index contributed by atoms with van der Waals surface area (Å²) < 4.78 is 68.7. The number of thiophene rings is 1. The number of hydrogen-bond donors (Lipinski definition) is 1. The highest BCUT2D eigenvalue weighted by Crippen LogP contribution is 2.36. The smallest absolute Gasteiger partial charge is 0.347 e. The molecule has 5 heterocycles. The number of sulfonamides is 1. The van der Waals surface area contributed by atoms with E-state index in [0.717, 1.165) is 32.5 Å². The van der Waals surface area contributed by atoms with E-state index in [1.165, 1.54) is 0 Å². The number of alkyl halides is 3. The Morgan fingerprint density at radius 1 is 1.05 bits per heavy atom. The fourth-order valence-corrected chi connectivity index (χ4v) is 7.95. The molecule has 3 aromatic heterocycles. The number of carbonyl (C=O) groups excluding carboxylic acids is 1. The van der Waals surface area contributed by atoms with Gasteiger partial charge >= 0.3 is 6.18 Å². The lowest BCUT2D eigenvalue weighted by molar-refractivity contribution is -0.147. The van der Waals surface area contributed by atoms with Crippen molar-refractivity contribution in [3.63, 3.8) is 0 Å². The van der Waals surface area contributed by atoms with Crippen molar-refractivity contribution >= 4 is 49.3 Å². The number of fused-ring (bicyclic) bond motifs is 2. The normalized spacial score (nSPS) is 16.4. The molecule has 4 aromatic rings. The highest BCUT2D eigenvalue weighted by atomic mass is 32.2. The molecule has 11 nitrogen and oxygen atoms in total. The largest absolute Gasteiger partial charge is 0.451 e. The summed E-state index contributed by atoms with van der Waals surface area (Å²) in [7, 11) is -3.84. The summed E-state index contributed by atoms with van der Waals surface area (Å²) in [5, 5.41) is 8.05. The van der Waals surface area contributed by atoms with Gasteiger partial charge in [-0.25, -0.2) is 13.4 Å². The number of aromatic nitrogens is 5. The quantitative estimate of drug-likeness (QED) is 0.300. The van der Waals surface area contributed by atoms with Crippen molar-refractivity contribution in [3.05, 3.63) is 58.5 Å². The summed E-state index contributed by atoms with van der Waals surface area (Å²) >= 11 is 1.57. The van der Waals surface area contributed by atoms with Gasteiger partial charge in [0.2, 0.25) is 27.7 Å². The van der Waals surface area contributed by atoms with E-state index in [4.69, 9.17) is 9.97 Å². The van der Waals surface area contributed by atoms with Gasteiger partial charge < -0.3 is 14.4 Å². The second-order valence-corrected chi connectivity index (χ2v) is 13.8. The second-order valence-electron chi connectivity index (χ2n) is 11.0. The van der Waals surface area contributed by atoms with Crippen molar-refractivity contribution in [3.8, 4) is 0 Å². The summed E-state index contributed by atoms with van der Waals surface area (Å²) in [5.41, 5.74) is 0.594. The maximum Gasteiger partial charge on any atom is 0.451 e. The number of nitrogens with zero attached hydrogens (tertiary/aromatic N) is 7. The zero-order valence-corrected chi connectivity index (χ0v) is 25.6. The predicted octanol–water partition coefficient (Wildman–Crippen LogP) is 4.14. The van der Waals surface area contributed by atoms with Crippen LogP contribution in [0.3, 0.4) is 0 Å². The molecule has 0 bridgehead atoms. The standard InChI is InChI=1S/C28H31F3N8O3S2/c1-2-6-20-15-21-23(38-13-14-39-22(16-38)34-35-26(39)28(29,30)31)32-27(33-25(21)43-20)37-11-9-19(10-12-37)24(40)36-44(41,42)17-18-7-4-3-5-8-18/h3-5,7-8,15,19H,2,6,9-14,16-17H2,1H3,(H,36,40). The minimum atomic E-state index is -4.58. The second kappa shape index (κ2) is 12.0. The first-order valence-corrected chi connectivity index (χ1v) is 16.9. The lowest BCUT2D eigenvalue weighted by Gasteiger charge is -2.33. The van der Waals surface area contributed by atoms with E-state index >= 15 is 0 Å². The van der Waals surface area contributed by atoms with Crippen molar-refractivity contribution in [2.75, 3.05) is 29.4 Å². The first kappa shape index (κ1) is 30.2. The highest BCUT2D eigenvalue weighted by Gasteiger charge is 2.40. The van der Waals surface area contributed by atoms with Crippen molar-refractivity contribution in [2.45, 2.75) is 57.6 Å². The van der Waals surface area contributed by atoms with Crippen LogP contribution in [0.1, 0.15) is 48.3 Å². The van der Waals surface area contributed by atoms with E-state index in [0.29, 0.717) is 49.8 Å². The summed E-state index contributed by atoms with van der Waals surface area (Å²) in [4.78, 5) is 28.4. The number of benzene rings is 1. The molecule has 1 saturated heterocycles. The van der Waals surface area contributed by atoms with Crippen LogP contribution in [0.5, 0.6) is 0 Å². The Hall–Kier alpha value is -3.79. The average molecular weight is 649 g/mol. The molecule has 2 aliphatic heterocycles. The number of piperidine rings is 1. The Morgan fingerprint density at radius 2 is 1.80 bits per heavy atom. The zero-order chi connectivity index (χ0) is 31.1. The van der Waals surface area contributed by atoms with Gasteiger partial charge in [0.05, 0.1) is 17.7 Å². The van der Waals surface area contributed by atoms with Gasteiger partial charge in [-0.1, -0.05) is 43.7 Å². The van der Waals surface area contributed by atoms with Crippen molar-refractivity contribution in [1.82, 2.24) is 29.5 Å². The number of amides is 1. The molecule has 0 aliphatic carbocycles. The van der Waals surface area contributed by atoms with Crippen molar-refractivity contribution in [2.24, 2.45) is 5.92 Å². The van der Waals surface area contributed by atoms with Gasteiger partial charge in [0.25, 0.3) is 0 Å². The zero-order valence-electron chi connectivity index (χ0n) is 23.9. The molecule has 1 amide bonds. The Kier molecular flexibility index (Phi) is 8.22. The fourth-order valence-electron chi connectivity index (χ4n) is 5.65. The number of aryl methyl sites for hydroxylation is 1. The summed E-state index contributed by atoms with van der Waals surface area (Å²) in [5.74, 6) is -0.962. The molecule has 0 saturated carbocycles. The van der Waals surface area contributed by atoms with Crippen LogP contribution in [0.15, 0.2) is 36.4 Å². The maximum atomic E-state index is 13.4. The molecule has 1 fully saturated rings. The first-order chi connectivity index (χ1) is 21.0. The number of carbonyl (C=O) groups is 1. The number of nitrogens with one attached hydrogen (secondary N) is 1. The van der Waals surface area contributed by atoms with E-state index in [1.54, 1.807) is 41.7 Å². The minimum Gasteiger partial charge on any atom is -0.347 e. The van der Waals surface area contributed by atoms with Gasteiger partial charge in [0.15, 0.2) is 5.82 Å². The minimum absolute atomic E-state index is 0.0671. The Bertz CT molecular complexity index is 1770. The first-order valence-electron chi connectivity index (χ1n) is 14.4. The van der Waals surface area contributed by atoms with Crippen LogP contribution < -0.4 is 14.5 Å². The molecule has 1 aromatic carbocycles. The van der Waals surface area contributed by atoms with Crippen LogP contribution in [0.2, 0.25) is 0 Å². The number of halogens is 3. The Balaban J connectivity index is 1.19. The van der Waals surface area contributed by atoms with Crippen LogP contribution in [0.25, 0.3) is 10.2 Å². The van der Waals surface area contributed by atoms with Gasteiger partial charge in [0, 0.05) is 37.0 Å². The van der Waals surface area contributed by atoms with E-state index in [2.05, 4.69) is 27.9 Å². The Morgan fingerprint density at radius 3 is 2.50 bits per heavy atom. The summed E-state index contributed by atoms with van der Waals surface area (Å²) in [6, 6.07) is 10.7. The third-order valence-electron chi connectivity index (χ3n) is 7.82. The lowest BCUT2D eigenvalue weighted by atomic mass is 9.96. The number of hydrogen-bond acceptors (Lipinski definition) is 10. The van der Waals surface area contributed by atoms with E-state index in [1.807, 2.05) is 9.80 Å². The maximum absolute atomic E-state index is 13.4. The van der Waals surface area contributed by atoms with Gasteiger partial charge in [-0.3, -0.25) is 9.52 Å². The molecule has 44 heavy (non-hydrogen) atoms. The number of anilines is 2. The van der Waals surface area contributed by atoms with Crippen LogP contribution in [0, 0.1) is 5.92 Å². The third-order valence-corrected chi connectivity index (χ3v) is 10.1. The molecule has 2 aliphatic rings. The topological polar surface area (TPSA) is 126 Å². The molecular formula is C28H31F3N8O3S2. The monoisotopic (exact) mass is 648 g/mol. The lowest BCUT2D eigenvalue weighted by Crippen LogP contribution is -2.43. The molecule has 234 valence electrons. The van der Waals surface area contributed by atoms with E-state index in [9.17, 15) is 26.4 Å². The van der Waals surface area contributed by atoms with E-state index in [-0.39, 0.29) is 24.7 Å². The molecular weight excluding hydrogens is 617 g/mol. The molecule has 0 radical (unpaired) electrons.